The number of aromatic nitrogens is 2. The number of hydrogen-bond acceptors (Lipinski definition) is 6. The van der Waals surface area contributed by atoms with Crippen molar-refractivity contribution in [3.63, 3.8) is 0 Å². The maximum Gasteiger partial charge on any atom is 0.257 e. The number of carbonyl (C=O) groups excluding carboxylic acids is 1. The van der Waals surface area contributed by atoms with E-state index in [4.69, 9.17) is 0 Å². The molecule has 3 aromatic rings. The molecule has 0 spiro atoms. The van der Waals surface area contributed by atoms with Crippen molar-refractivity contribution in [3.05, 3.63) is 54.1 Å². The summed E-state index contributed by atoms with van der Waals surface area (Å²) in [6, 6.07) is 12.9. The van der Waals surface area contributed by atoms with E-state index in [1.54, 1.807) is 24.3 Å². The van der Waals surface area contributed by atoms with Crippen molar-refractivity contribution in [1.82, 2.24) is 10.2 Å². The second-order valence-electron chi connectivity index (χ2n) is 4.43. The summed E-state index contributed by atoms with van der Waals surface area (Å²) in [7, 11) is 0. The highest BCUT2D eigenvalue weighted by Crippen LogP contribution is 2.35. The van der Waals surface area contributed by atoms with Crippen LogP contribution in [0.15, 0.2) is 48.5 Å². The third kappa shape index (κ3) is 2.89. The molecule has 0 fully saturated rings. The van der Waals surface area contributed by atoms with Gasteiger partial charge in [0.25, 0.3) is 5.91 Å². The molecule has 0 aliphatic rings. The lowest BCUT2D eigenvalue weighted by Gasteiger charge is -2.01. The Kier molecular flexibility index (Phi) is 3.71. The Hall–Kier alpha value is -2.93. The smallest absolute Gasteiger partial charge is 0.257 e. The average Bonchev–Trinajstić information content (AvgIpc) is 2.99. The topological polar surface area (TPSA) is 95.3 Å². The van der Waals surface area contributed by atoms with Crippen molar-refractivity contribution in [3.8, 4) is 22.1 Å². The number of aromatic hydroxyl groups is 2. The zero-order valence-corrected chi connectivity index (χ0v) is 12.0. The summed E-state index contributed by atoms with van der Waals surface area (Å²) in [4.78, 5) is 12.0. The molecular weight excluding hydrogens is 302 g/mol. The fourth-order valence-electron chi connectivity index (χ4n) is 1.84. The van der Waals surface area contributed by atoms with E-state index in [0.717, 1.165) is 11.3 Å². The van der Waals surface area contributed by atoms with Gasteiger partial charge in [-0.05, 0) is 30.3 Å². The Balaban J connectivity index is 1.82. The number of hydrogen-bond donors (Lipinski definition) is 3. The second kappa shape index (κ2) is 5.82. The number of amides is 1. The highest BCUT2D eigenvalue weighted by Gasteiger charge is 2.14. The number of benzene rings is 2. The Morgan fingerprint density at radius 1 is 1.05 bits per heavy atom. The van der Waals surface area contributed by atoms with E-state index in [-0.39, 0.29) is 17.4 Å². The van der Waals surface area contributed by atoms with Gasteiger partial charge in [0, 0.05) is 5.56 Å². The van der Waals surface area contributed by atoms with Gasteiger partial charge in [0.15, 0.2) is 5.01 Å². The van der Waals surface area contributed by atoms with Crippen LogP contribution in [0.2, 0.25) is 0 Å². The monoisotopic (exact) mass is 313 g/mol. The van der Waals surface area contributed by atoms with Gasteiger partial charge in [-0.2, -0.15) is 0 Å². The molecule has 0 aliphatic carbocycles. The minimum absolute atomic E-state index is 0.0119. The van der Waals surface area contributed by atoms with Gasteiger partial charge in [-0.25, -0.2) is 0 Å². The van der Waals surface area contributed by atoms with Gasteiger partial charge in [-0.3, -0.25) is 10.1 Å². The predicted octanol–water partition coefficient (Wildman–Crippen LogP) is 2.87. The molecule has 0 unspecified atom stereocenters. The fourth-order valence-corrected chi connectivity index (χ4v) is 2.60. The van der Waals surface area contributed by atoms with Crippen LogP contribution in [0.4, 0.5) is 5.13 Å². The van der Waals surface area contributed by atoms with Crippen LogP contribution in [0, 0.1) is 0 Å². The Bertz CT molecular complexity index is 818. The number of anilines is 1. The Morgan fingerprint density at radius 2 is 1.82 bits per heavy atom. The van der Waals surface area contributed by atoms with Crippen molar-refractivity contribution >= 4 is 22.4 Å². The number of nitrogens with zero attached hydrogens (tertiary/aromatic N) is 2. The minimum atomic E-state index is -0.288. The van der Waals surface area contributed by atoms with E-state index < -0.39 is 0 Å². The van der Waals surface area contributed by atoms with E-state index in [1.807, 2.05) is 6.07 Å². The molecular formula is C15H11N3O3S. The van der Waals surface area contributed by atoms with Crippen LogP contribution in [0.5, 0.6) is 11.5 Å². The lowest BCUT2D eigenvalue weighted by Crippen LogP contribution is -2.11. The molecule has 7 heteroatoms. The minimum Gasteiger partial charge on any atom is -0.508 e. The van der Waals surface area contributed by atoms with Crippen LogP contribution in [-0.4, -0.2) is 26.3 Å². The van der Waals surface area contributed by atoms with Gasteiger partial charge in [0.2, 0.25) is 5.13 Å². The molecule has 3 N–H and O–H groups in total. The predicted molar refractivity (Wildman–Crippen MR) is 83.1 cm³/mol. The van der Waals surface area contributed by atoms with Crippen molar-refractivity contribution in [2.75, 3.05) is 5.32 Å². The van der Waals surface area contributed by atoms with Gasteiger partial charge in [0.1, 0.15) is 11.5 Å². The molecule has 0 saturated carbocycles. The molecule has 0 radical (unpaired) electrons. The first-order valence-corrected chi connectivity index (χ1v) is 7.17. The highest BCUT2D eigenvalue weighted by atomic mass is 32.1. The summed E-state index contributed by atoms with van der Waals surface area (Å²) in [5.74, 6) is -0.295. The molecule has 0 aliphatic heterocycles. The number of rotatable bonds is 3. The molecule has 2 aromatic carbocycles. The summed E-state index contributed by atoms with van der Waals surface area (Å²) >= 11 is 1.11. The van der Waals surface area contributed by atoms with Gasteiger partial charge >= 0.3 is 0 Å². The van der Waals surface area contributed by atoms with Crippen molar-refractivity contribution < 1.29 is 15.0 Å². The fraction of sp³-hybridized carbons (Fsp3) is 0. The molecule has 110 valence electrons. The first kappa shape index (κ1) is 14.0. The highest BCUT2D eigenvalue weighted by molar-refractivity contribution is 7.18. The summed E-state index contributed by atoms with van der Waals surface area (Å²) in [5.41, 5.74) is 0.872. The van der Waals surface area contributed by atoms with Crippen LogP contribution in [0.3, 0.4) is 0 Å². The van der Waals surface area contributed by atoms with Crippen molar-refractivity contribution in [2.24, 2.45) is 0 Å². The first-order valence-electron chi connectivity index (χ1n) is 6.36. The Morgan fingerprint density at radius 3 is 2.59 bits per heavy atom. The van der Waals surface area contributed by atoms with Crippen LogP contribution >= 0.6 is 11.3 Å². The second-order valence-corrected chi connectivity index (χ2v) is 5.41. The molecule has 1 amide bonds. The van der Waals surface area contributed by atoms with Gasteiger partial charge in [-0.1, -0.05) is 29.5 Å². The molecule has 1 heterocycles. The summed E-state index contributed by atoms with van der Waals surface area (Å²) in [6.45, 7) is 0. The van der Waals surface area contributed by atoms with E-state index in [1.165, 1.54) is 18.2 Å². The van der Waals surface area contributed by atoms with Gasteiger partial charge < -0.3 is 10.2 Å². The number of nitrogens with one attached hydrogen (secondary N) is 1. The summed E-state index contributed by atoms with van der Waals surface area (Å²) < 4.78 is 0. The quantitative estimate of drug-likeness (QED) is 0.646. The SMILES string of the molecule is O=C(Nc1nnc(-c2cc(O)ccc2O)s1)c1ccccc1. The lowest BCUT2D eigenvalue weighted by atomic mass is 10.2. The van der Waals surface area contributed by atoms with Crippen LogP contribution in [-0.2, 0) is 0 Å². The summed E-state index contributed by atoms with van der Waals surface area (Å²) in [5, 5.41) is 30.4. The number of phenolic OH excluding ortho intramolecular Hbond substituents is 2. The first-order chi connectivity index (χ1) is 10.6. The van der Waals surface area contributed by atoms with E-state index in [0.29, 0.717) is 21.3 Å². The van der Waals surface area contributed by atoms with E-state index >= 15 is 0 Å². The van der Waals surface area contributed by atoms with Crippen LogP contribution < -0.4 is 5.32 Å². The molecule has 3 rings (SSSR count). The maximum absolute atomic E-state index is 12.0. The van der Waals surface area contributed by atoms with Crippen LogP contribution in [0.1, 0.15) is 10.4 Å². The Labute approximate surface area is 129 Å². The lowest BCUT2D eigenvalue weighted by molar-refractivity contribution is 0.102. The molecule has 22 heavy (non-hydrogen) atoms. The molecule has 6 nitrogen and oxygen atoms in total. The van der Waals surface area contributed by atoms with E-state index in [2.05, 4.69) is 15.5 Å². The number of carbonyl (C=O) groups is 1. The van der Waals surface area contributed by atoms with Crippen molar-refractivity contribution in [2.45, 2.75) is 0 Å². The zero-order chi connectivity index (χ0) is 15.5. The normalized spacial score (nSPS) is 10.4. The zero-order valence-electron chi connectivity index (χ0n) is 11.2. The maximum atomic E-state index is 12.0. The molecule has 1 aromatic heterocycles. The number of phenols is 2. The van der Waals surface area contributed by atoms with Crippen molar-refractivity contribution in [1.29, 1.82) is 0 Å². The largest absolute Gasteiger partial charge is 0.508 e. The van der Waals surface area contributed by atoms with E-state index in [9.17, 15) is 15.0 Å². The molecule has 0 bridgehead atoms. The summed E-state index contributed by atoms with van der Waals surface area (Å²) in [6.07, 6.45) is 0. The third-order valence-electron chi connectivity index (χ3n) is 2.89. The molecule has 0 atom stereocenters. The van der Waals surface area contributed by atoms with Crippen LogP contribution in [0.25, 0.3) is 10.6 Å². The molecule has 0 saturated heterocycles. The van der Waals surface area contributed by atoms with Gasteiger partial charge in [-0.15, -0.1) is 10.2 Å². The average molecular weight is 313 g/mol. The standard InChI is InChI=1S/C15H11N3O3S/c19-10-6-7-12(20)11(8-10)14-17-18-15(22-14)16-13(21)9-4-2-1-3-5-9/h1-8,19-20H,(H,16,18,21). The van der Waals surface area contributed by atoms with Gasteiger partial charge in [0.05, 0.1) is 5.56 Å². The third-order valence-corrected chi connectivity index (χ3v) is 3.76.